The maximum atomic E-state index is 12.7. The molecule has 1 saturated carbocycles. The van der Waals surface area contributed by atoms with E-state index in [0.717, 1.165) is 24.0 Å². The van der Waals surface area contributed by atoms with Gasteiger partial charge in [-0.2, -0.15) is 0 Å². The van der Waals surface area contributed by atoms with Gasteiger partial charge in [-0.25, -0.2) is 4.98 Å². The number of ether oxygens (including phenoxy) is 1. The van der Waals surface area contributed by atoms with Crippen LogP contribution in [0, 0.1) is 0 Å². The molecule has 1 aliphatic heterocycles. The van der Waals surface area contributed by atoms with Gasteiger partial charge in [-0.05, 0) is 61.6 Å². The van der Waals surface area contributed by atoms with E-state index in [1.807, 2.05) is 12.1 Å². The van der Waals surface area contributed by atoms with Crippen LogP contribution in [0.5, 0.6) is 5.88 Å². The third-order valence-electron chi connectivity index (χ3n) is 6.30. The molecule has 7 heteroatoms. The molecule has 0 unspecified atom stereocenters. The van der Waals surface area contributed by atoms with Crippen LogP contribution in [0.15, 0.2) is 66.9 Å². The van der Waals surface area contributed by atoms with Crippen molar-refractivity contribution in [2.45, 2.75) is 44.9 Å². The van der Waals surface area contributed by atoms with Gasteiger partial charge >= 0.3 is 0 Å². The van der Waals surface area contributed by atoms with Gasteiger partial charge in [0, 0.05) is 23.9 Å². The van der Waals surface area contributed by atoms with E-state index in [0.29, 0.717) is 29.1 Å². The number of nitrogens with zero attached hydrogens (tertiary/aromatic N) is 2. The summed E-state index contributed by atoms with van der Waals surface area (Å²) in [5, 5.41) is 2.92. The van der Waals surface area contributed by atoms with E-state index >= 15 is 0 Å². The summed E-state index contributed by atoms with van der Waals surface area (Å²) in [6, 6.07) is 17.5. The third kappa shape index (κ3) is 4.41. The first-order valence-electron chi connectivity index (χ1n) is 11.5. The summed E-state index contributed by atoms with van der Waals surface area (Å²) in [4.78, 5) is 43.4. The molecule has 1 N–H and O–H groups in total. The molecule has 7 nitrogen and oxygen atoms in total. The van der Waals surface area contributed by atoms with Gasteiger partial charge in [-0.3, -0.25) is 19.3 Å². The molecule has 172 valence electrons. The summed E-state index contributed by atoms with van der Waals surface area (Å²) in [6.07, 6.45) is 6.31. The number of pyridine rings is 1. The fourth-order valence-corrected chi connectivity index (χ4v) is 4.43. The van der Waals surface area contributed by atoms with Gasteiger partial charge in [0.2, 0.25) is 5.88 Å². The molecule has 3 amide bonds. The monoisotopic (exact) mass is 455 g/mol. The van der Waals surface area contributed by atoms with Crippen LogP contribution in [0.3, 0.4) is 0 Å². The molecule has 0 bridgehead atoms. The Balaban J connectivity index is 1.20. The van der Waals surface area contributed by atoms with Crippen LogP contribution in [0.2, 0.25) is 0 Å². The van der Waals surface area contributed by atoms with Crippen molar-refractivity contribution in [2.24, 2.45) is 0 Å². The lowest BCUT2D eigenvalue weighted by Crippen LogP contribution is -2.29. The van der Waals surface area contributed by atoms with Gasteiger partial charge in [0.15, 0.2) is 0 Å². The zero-order valence-electron chi connectivity index (χ0n) is 18.7. The Morgan fingerprint density at radius 2 is 1.62 bits per heavy atom. The van der Waals surface area contributed by atoms with Gasteiger partial charge in [-0.15, -0.1) is 0 Å². The predicted molar refractivity (Wildman–Crippen MR) is 125 cm³/mol. The first-order chi connectivity index (χ1) is 16.6. The van der Waals surface area contributed by atoms with Crippen molar-refractivity contribution in [1.82, 2.24) is 15.2 Å². The van der Waals surface area contributed by atoms with Crippen molar-refractivity contribution in [1.29, 1.82) is 0 Å². The Morgan fingerprint density at radius 1 is 0.941 bits per heavy atom. The number of nitrogens with one attached hydrogen (secondary N) is 1. The third-order valence-corrected chi connectivity index (χ3v) is 6.30. The van der Waals surface area contributed by atoms with E-state index < -0.39 is 0 Å². The van der Waals surface area contributed by atoms with Crippen molar-refractivity contribution in [3.8, 4) is 5.88 Å². The lowest BCUT2D eigenvalue weighted by Gasteiger charge is -2.16. The van der Waals surface area contributed by atoms with Gasteiger partial charge in [0.05, 0.1) is 17.7 Å². The number of hydrogen-bond donors (Lipinski definition) is 1. The zero-order valence-corrected chi connectivity index (χ0v) is 18.7. The van der Waals surface area contributed by atoms with E-state index in [9.17, 15) is 14.4 Å². The topological polar surface area (TPSA) is 88.6 Å². The summed E-state index contributed by atoms with van der Waals surface area (Å²) in [7, 11) is 0. The molecule has 3 aromatic rings. The molecule has 1 fully saturated rings. The van der Waals surface area contributed by atoms with Crippen LogP contribution >= 0.6 is 0 Å². The molecule has 1 aliphatic carbocycles. The van der Waals surface area contributed by atoms with Crippen LogP contribution < -0.4 is 10.1 Å². The van der Waals surface area contributed by atoms with Crippen LogP contribution in [0.1, 0.15) is 67.9 Å². The Labute approximate surface area is 197 Å². The van der Waals surface area contributed by atoms with Gasteiger partial charge in [0.25, 0.3) is 17.7 Å². The molecule has 34 heavy (non-hydrogen) atoms. The van der Waals surface area contributed by atoms with Crippen molar-refractivity contribution < 1.29 is 19.1 Å². The molecule has 1 aromatic heterocycles. The molecular weight excluding hydrogens is 430 g/mol. The second-order valence-corrected chi connectivity index (χ2v) is 8.61. The van der Waals surface area contributed by atoms with Crippen LogP contribution in [0.4, 0.5) is 0 Å². The Bertz CT molecular complexity index is 1200. The molecule has 0 atom stereocenters. The molecule has 0 saturated heterocycles. The standard InChI is InChI=1S/C27H25N3O4/c31-24(29-16-20-6-5-15-28-25(20)34-21-7-1-2-8-21)19-13-11-18(12-14-19)17-30-26(32)22-9-3-4-10-23(22)27(30)33/h3-6,9-15,21H,1-2,7-8,16-17H2,(H,29,31). The van der Waals surface area contributed by atoms with E-state index in [-0.39, 0.29) is 30.4 Å². The quantitative estimate of drug-likeness (QED) is 0.541. The molecule has 2 aliphatic rings. The highest BCUT2D eigenvalue weighted by Gasteiger charge is 2.34. The number of aromatic nitrogens is 1. The number of rotatable bonds is 7. The summed E-state index contributed by atoms with van der Waals surface area (Å²) in [5.41, 5.74) is 2.95. The van der Waals surface area contributed by atoms with Crippen molar-refractivity contribution in [2.75, 3.05) is 0 Å². The van der Waals surface area contributed by atoms with Gasteiger partial charge in [-0.1, -0.05) is 30.3 Å². The number of imide groups is 1. The Kier molecular flexibility index (Phi) is 6.08. The SMILES string of the molecule is O=C(NCc1cccnc1OC1CCCC1)c1ccc(CN2C(=O)c3ccccc3C2=O)cc1. The Morgan fingerprint density at radius 3 is 2.29 bits per heavy atom. The van der Waals surface area contributed by atoms with Crippen molar-refractivity contribution >= 4 is 17.7 Å². The number of carbonyl (C=O) groups excluding carboxylic acids is 3. The van der Waals surface area contributed by atoms with Crippen LogP contribution in [-0.4, -0.2) is 33.7 Å². The molecule has 2 heterocycles. The number of fused-ring (bicyclic) bond motifs is 1. The highest BCUT2D eigenvalue weighted by Crippen LogP contribution is 2.26. The second-order valence-electron chi connectivity index (χ2n) is 8.61. The predicted octanol–water partition coefficient (Wildman–Crippen LogP) is 4.13. The second kappa shape index (κ2) is 9.47. The maximum absolute atomic E-state index is 12.7. The lowest BCUT2D eigenvalue weighted by atomic mass is 10.1. The highest BCUT2D eigenvalue weighted by molar-refractivity contribution is 6.21. The number of carbonyl (C=O) groups is 3. The number of hydrogen-bond acceptors (Lipinski definition) is 5. The van der Waals surface area contributed by atoms with E-state index in [1.165, 1.54) is 17.7 Å². The summed E-state index contributed by atoms with van der Waals surface area (Å²) in [6.45, 7) is 0.470. The zero-order chi connectivity index (χ0) is 23.5. The smallest absolute Gasteiger partial charge is 0.261 e. The maximum Gasteiger partial charge on any atom is 0.261 e. The minimum absolute atomic E-state index is 0.159. The van der Waals surface area contributed by atoms with Crippen LogP contribution in [-0.2, 0) is 13.1 Å². The van der Waals surface area contributed by atoms with E-state index in [2.05, 4.69) is 10.3 Å². The minimum atomic E-state index is -0.297. The normalized spacial score (nSPS) is 15.5. The average molecular weight is 456 g/mol. The summed E-state index contributed by atoms with van der Waals surface area (Å²) < 4.78 is 6.04. The van der Waals surface area contributed by atoms with Crippen molar-refractivity contribution in [3.05, 3.63) is 94.7 Å². The molecule has 0 radical (unpaired) electrons. The van der Waals surface area contributed by atoms with Crippen molar-refractivity contribution in [3.63, 3.8) is 0 Å². The lowest BCUT2D eigenvalue weighted by molar-refractivity contribution is 0.0641. The van der Waals surface area contributed by atoms with Gasteiger partial charge in [0.1, 0.15) is 6.10 Å². The number of benzene rings is 2. The molecule has 5 rings (SSSR count). The molecule has 0 spiro atoms. The van der Waals surface area contributed by atoms with Gasteiger partial charge < -0.3 is 10.1 Å². The minimum Gasteiger partial charge on any atom is -0.474 e. The molecular formula is C27H25N3O4. The summed E-state index contributed by atoms with van der Waals surface area (Å²) in [5.74, 6) is -0.238. The first-order valence-corrected chi connectivity index (χ1v) is 11.5. The average Bonchev–Trinajstić information content (AvgIpc) is 3.47. The Hall–Kier alpha value is -4.00. The fourth-order valence-electron chi connectivity index (χ4n) is 4.43. The first kappa shape index (κ1) is 21.8. The number of amides is 3. The van der Waals surface area contributed by atoms with E-state index in [1.54, 1.807) is 54.7 Å². The largest absolute Gasteiger partial charge is 0.474 e. The fraction of sp³-hybridized carbons (Fsp3) is 0.259. The van der Waals surface area contributed by atoms with E-state index in [4.69, 9.17) is 4.74 Å². The summed E-state index contributed by atoms with van der Waals surface area (Å²) >= 11 is 0. The van der Waals surface area contributed by atoms with Crippen LogP contribution in [0.25, 0.3) is 0 Å². The highest BCUT2D eigenvalue weighted by atomic mass is 16.5. The molecule has 2 aromatic carbocycles.